The van der Waals surface area contributed by atoms with E-state index in [-0.39, 0.29) is 10.2 Å². The van der Waals surface area contributed by atoms with E-state index < -0.39 is 22.1 Å². The maximum atomic E-state index is 14.5. The van der Waals surface area contributed by atoms with Crippen molar-refractivity contribution in [3.63, 3.8) is 0 Å². The first-order chi connectivity index (χ1) is 16.4. The Hall–Kier alpha value is -4.24. The van der Waals surface area contributed by atoms with Gasteiger partial charge >= 0.3 is 5.69 Å². The van der Waals surface area contributed by atoms with Gasteiger partial charge in [0.1, 0.15) is 22.7 Å². The molecule has 0 fully saturated rings. The minimum Gasteiger partial charge on any atom is -0.456 e. The highest BCUT2D eigenvalue weighted by Gasteiger charge is 2.25. The van der Waals surface area contributed by atoms with Gasteiger partial charge in [0.05, 0.1) is 26.1 Å². The molecule has 9 heteroatoms. The lowest BCUT2D eigenvalue weighted by atomic mass is 10.1. The van der Waals surface area contributed by atoms with Crippen LogP contribution < -0.4 is 5.69 Å². The summed E-state index contributed by atoms with van der Waals surface area (Å²) in [6.07, 6.45) is 0. The number of nitrogens with zero attached hydrogens (tertiary/aromatic N) is 3. The minimum absolute atomic E-state index is 0.0583. The van der Waals surface area contributed by atoms with Crippen LogP contribution in [0.5, 0.6) is 0 Å². The molecule has 0 aliphatic rings. The van der Waals surface area contributed by atoms with Crippen LogP contribution in [-0.2, 0) is 0 Å². The number of rotatable bonds is 3. The van der Waals surface area contributed by atoms with E-state index in [1.165, 1.54) is 9.13 Å². The maximum absolute atomic E-state index is 14.5. The van der Waals surface area contributed by atoms with Gasteiger partial charge < -0.3 is 4.42 Å². The van der Waals surface area contributed by atoms with Crippen molar-refractivity contribution < 1.29 is 13.7 Å². The van der Waals surface area contributed by atoms with E-state index in [0.717, 1.165) is 28.5 Å². The van der Waals surface area contributed by atoms with E-state index in [2.05, 4.69) is 15.9 Å². The summed E-state index contributed by atoms with van der Waals surface area (Å²) in [5, 5.41) is 13.5. The Labute approximate surface area is 198 Å². The van der Waals surface area contributed by atoms with Crippen molar-refractivity contribution in [2.75, 3.05) is 0 Å². The van der Waals surface area contributed by atoms with Gasteiger partial charge in [-0.25, -0.2) is 9.18 Å². The van der Waals surface area contributed by atoms with Crippen molar-refractivity contribution in [3.8, 4) is 11.4 Å². The third kappa shape index (κ3) is 2.90. The summed E-state index contributed by atoms with van der Waals surface area (Å²) < 4.78 is 22.9. The number of hydrogen-bond donors (Lipinski definition) is 0. The molecule has 0 saturated carbocycles. The number of imidazole rings is 1. The van der Waals surface area contributed by atoms with Crippen molar-refractivity contribution in [1.29, 1.82) is 0 Å². The summed E-state index contributed by atoms with van der Waals surface area (Å²) in [6.45, 7) is 0. The van der Waals surface area contributed by atoms with Gasteiger partial charge in [-0.1, -0.05) is 30.3 Å². The molecule has 0 unspecified atom stereocenters. The molecule has 34 heavy (non-hydrogen) atoms. The van der Waals surface area contributed by atoms with Crippen LogP contribution in [0, 0.1) is 15.9 Å². The van der Waals surface area contributed by atoms with E-state index in [0.29, 0.717) is 22.3 Å². The number of aromatic nitrogens is 2. The molecule has 0 N–H and O–H groups in total. The number of nitro groups is 1. The van der Waals surface area contributed by atoms with Gasteiger partial charge in [0.2, 0.25) is 0 Å². The second-order valence-corrected chi connectivity index (χ2v) is 8.59. The zero-order valence-corrected chi connectivity index (χ0v) is 18.8. The van der Waals surface area contributed by atoms with Gasteiger partial charge in [-0.2, -0.15) is 0 Å². The third-order valence-electron chi connectivity index (χ3n) is 5.82. The van der Waals surface area contributed by atoms with Crippen molar-refractivity contribution >= 4 is 54.6 Å². The Morgan fingerprint density at radius 1 is 0.853 bits per heavy atom. The standard InChI is InChI=1S/C25H13BrFN3O4/c26-17-12-22(30(32)33)21(13-18(17)27)29-20-7-3-2-6-19(20)28(25(29)31)14-9-10-24-16(11-14)15-5-1-4-8-23(15)34-24/h1-13H. The second kappa shape index (κ2) is 7.39. The van der Waals surface area contributed by atoms with Crippen molar-refractivity contribution in [2.45, 2.75) is 0 Å². The molecule has 4 aromatic carbocycles. The zero-order valence-electron chi connectivity index (χ0n) is 17.2. The molecule has 7 nitrogen and oxygen atoms in total. The van der Waals surface area contributed by atoms with Gasteiger partial charge in [-0.15, -0.1) is 0 Å². The van der Waals surface area contributed by atoms with Gasteiger partial charge in [-0.3, -0.25) is 19.2 Å². The Kier molecular flexibility index (Phi) is 4.43. The van der Waals surface area contributed by atoms with Crippen molar-refractivity contribution in [1.82, 2.24) is 9.13 Å². The van der Waals surface area contributed by atoms with Crippen LogP contribution in [0.15, 0.2) is 92.5 Å². The topological polar surface area (TPSA) is 83.2 Å². The average Bonchev–Trinajstić information content (AvgIpc) is 3.34. The zero-order chi connectivity index (χ0) is 23.6. The molecular formula is C25H13BrFN3O4. The molecule has 2 aromatic heterocycles. The van der Waals surface area contributed by atoms with Gasteiger partial charge in [-0.05, 0) is 52.3 Å². The summed E-state index contributed by atoms with van der Waals surface area (Å²) >= 11 is 2.99. The molecule has 0 radical (unpaired) electrons. The van der Waals surface area contributed by atoms with Crippen LogP contribution in [0.4, 0.5) is 10.1 Å². The van der Waals surface area contributed by atoms with Gasteiger partial charge in [0.25, 0.3) is 5.69 Å². The average molecular weight is 518 g/mol. The highest BCUT2D eigenvalue weighted by molar-refractivity contribution is 9.10. The molecule has 6 aromatic rings. The molecule has 0 aliphatic carbocycles. The molecule has 0 saturated heterocycles. The normalized spacial score (nSPS) is 11.6. The van der Waals surface area contributed by atoms with Crippen LogP contribution in [0.3, 0.4) is 0 Å². The fourth-order valence-corrected chi connectivity index (χ4v) is 4.67. The smallest absolute Gasteiger partial charge is 0.338 e. The highest BCUT2D eigenvalue weighted by Crippen LogP contribution is 2.33. The summed E-state index contributed by atoms with van der Waals surface area (Å²) in [7, 11) is 0. The Balaban J connectivity index is 1.69. The molecule has 6 rings (SSSR count). The van der Waals surface area contributed by atoms with E-state index in [1.807, 2.05) is 30.3 Å². The first-order valence-corrected chi connectivity index (χ1v) is 11.0. The molecular weight excluding hydrogens is 505 g/mol. The van der Waals surface area contributed by atoms with Crippen molar-refractivity contribution in [2.24, 2.45) is 0 Å². The number of hydrogen-bond acceptors (Lipinski definition) is 4. The Morgan fingerprint density at radius 2 is 1.53 bits per heavy atom. The molecule has 166 valence electrons. The number of benzene rings is 4. The first kappa shape index (κ1) is 20.4. The predicted molar refractivity (Wildman–Crippen MR) is 130 cm³/mol. The molecule has 0 bridgehead atoms. The van der Waals surface area contributed by atoms with Crippen LogP contribution in [0.25, 0.3) is 44.3 Å². The summed E-state index contributed by atoms with van der Waals surface area (Å²) in [6, 6.07) is 21.9. The van der Waals surface area contributed by atoms with E-state index in [4.69, 9.17) is 4.42 Å². The lowest BCUT2D eigenvalue weighted by molar-refractivity contribution is -0.384. The largest absolute Gasteiger partial charge is 0.456 e. The van der Waals surface area contributed by atoms with Crippen LogP contribution in [-0.4, -0.2) is 14.1 Å². The maximum Gasteiger partial charge on any atom is 0.338 e. The fourth-order valence-electron chi connectivity index (χ4n) is 4.34. The number of furan rings is 1. The van der Waals surface area contributed by atoms with E-state index in [1.54, 1.807) is 36.4 Å². The SMILES string of the molecule is O=c1n(-c2ccc3oc4ccccc4c3c2)c2ccccc2n1-c1cc(F)c(Br)cc1[N+](=O)[O-]. The third-order valence-corrected chi connectivity index (χ3v) is 6.43. The van der Waals surface area contributed by atoms with Crippen LogP contribution in [0.1, 0.15) is 0 Å². The molecule has 0 amide bonds. The van der Waals surface area contributed by atoms with Gasteiger partial charge in [0.15, 0.2) is 0 Å². The second-order valence-electron chi connectivity index (χ2n) is 7.73. The monoisotopic (exact) mass is 517 g/mol. The van der Waals surface area contributed by atoms with E-state index >= 15 is 0 Å². The summed E-state index contributed by atoms with van der Waals surface area (Å²) in [4.78, 5) is 24.9. The summed E-state index contributed by atoms with van der Waals surface area (Å²) in [5.74, 6) is -0.712. The Morgan fingerprint density at radius 3 is 2.29 bits per heavy atom. The van der Waals surface area contributed by atoms with Crippen LogP contribution in [0.2, 0.25) is 0 Å². The number of para-hydroxylation sites is 3. The van der Waals surface area contributed by atoms with E-state index in [9.17, 15) is 19.3 Å². The van der Waals surface area contributed by atoms with Gasteiger partial charge in [0, 0.05) is 22.9 Å². The Bertz CT molecular complexity index is 1850. The lowest BCUT2D eigenvalue weighted by Crippen LogP contribution is -2.22. The number of halogens is 2. The fraction of sp³-hybridized carbons (Fsp3) is 0. The molecule has 2 heterocycles. The van der Waals surface area contributed by atoms with Crippen molar-refractivity contribution in [3.05, 3.63) is 110 Å². The predicted octanol–water partition coefficient (Wildman–Crippen LogP) is 6.49. The number of nitro benzene ring substituents is 1. The summed E-state index contributed by atoms with van der Waals surface area (Å²) in [5.41, 5.74) is 1.79. The minimum atomic E-state index is -0.712. The first-order valence-electron chi connectivity index (χ1n) is 10.2. The molecule has 0 aliphatic heterocycles. The lowest BCUT2D eigenvalue weighted by Gasteiger charge is -2.06. The highest BCUT2D eigenvalue weighted by atomic mass is 79.9. The van der Waals surface area contributed by atoms with Crippen LogP contribution >= 0.6 is 15.9 Å². The number of fused-ring (bicyclic) bond motifs is 4. The molecule has 0 spiro atoms. The molecule has 0 atom stereocenters. The quantitative estimate of drug-likeness (QED) is 0.198.